The summed E-state index contributed by atoms with van der Waals surface area (Å²) in [5, 5.41) is 3.55. The van der Waals surface area contributed by atoms with E-state index in [9.17, 15) is 4.79 Å². The van der Waals surface area contributed by atoms with Crippen LogP contribution in [0.2, 0.25) is 0 Å². The lowest BCUT2D eigenvalue weighted by Gasteiger charge is -2.09. The van der Waals surface area contributed by atoms with Crippen LogP contribution >= 0.6 is 0 Å². The van der Waals surface area contributed by atoms with Crippen molar-refractivity contribution >= 4 is 23.6 Å². The number of hydrogen-bond donors (Lipinski definition) is 2. The molecule has 0 atom stereocenters. The van der Waals surface area contributed by atoms with Gasteiger partial charge in [0.05, 0.1) is 0 Å². The van der Waals surface area contributed by atoms with Gasteiger partial charge in [0.15, 0.2) is 0 Å². The number of anilines is 2. The number of rotatable bonds is 6. The molecule has 232 valence electrons. The Balaban J connectivity index is 0.000000170. The molecule has 0 radical (unpaired) electrons. The van der Waals surface area contributed by atoms with Gasteiger partial charge >= 0.3 is 0 Å². The number of aldehydes is 1. The average molecular weight is 617 g/mol. The lowest BCUT2D eigenvalue weighted by molar-refractivity contribution is 0.112. The smallest absolute Gasteiger partial charge is 0.239 e. The molecule has 3 aromatic heterocycles. The second-order valence-corrected chi connectivity index (χ2v) is 10.0. The van der Waals surface area contributed by atoms with Gasteiger partial charge in [-0.05, 0) is 29.8 Å². The molecule has 7 aromatic rings. The van der Waals surface area contributed by atoms with E-state index in [-0.39, 0.29) is 0 Å². The quantitative estimate of drug-likeness (QED) is 0.144. The van der Waals surface area contributed by atoms with Crippen LogP contribution in [0.15, 0.2) is 170 Å². The Labute approximate surface area is 275 Å². The Kier molecular flexibility index (Phi) is 13.5. The molecule has 0 unspecified atom stereocenters. The van der Waals surface area contributed by atoms with Crippen LogP contribution in [0, 0.1) is 6.57 Å². The zero-order chi connectivity index (χ0) is 32.9. The Hall–Kier alpha value is -6.52. The molecule has 3 N–H and O–H groups in total. The predicted molar refractivity (Wildman–Crippen MR) is 192 cm³/mol. The number of carbonyl (C=O) groups is 1. The number of nitrogens with zero attached hydrogens (tertiary/aromatic N) is 4. The van der Waals surface area contributed by atoms with Gasteiger partial charge < -0.3 is 15.9 Å². The first-order valence-corrected chi connectivity index (χ1v) is 15.0. The van der Waals surface area contributed by atoms with E-state index in [2.05, 4.69) is 55.9 Å². The van der Waals surface area contributed by atoms with Crippen molar-refractivity contribution in [1.29, 1.82) is 0 Å². The van der Waals surface area contributed by atoms with E-state index >= 15 is 0 Å². The van der Waals surface area contributed by atoms with Crippen LogP contribution in [0.25, 0.3) is 21.7 Å². The maximum absolute atomic E-state index is 10.0. The largest absolute Gasteiger partial charge is 0.384 e. The maximum atomic E-state index is 10.0. The van der Waals surface area contributed by atoms with Gasteiger partial charge in [-0.25, -0.2) is 16.5 Å². The molecule has 7 heteroatoms. The molecule has 47 heavy (non-hydrogen) atoms. The summed E-state index contributed by atoms with van der Waals surface area (Å²) in [6, 6.07) is 51.0. The van der Waals surface area contributed by atoms with Gasteiger partial charge in [0.25, 0.3) is 0 Å². The highest BCUT2D eigenvalue weighted by Crippen LogP contribution is 2.28. The maximum Gasteiger partial charge on any atom is 0.239 e. The minimum Gasteiger partial charge on any atom is -0.384 e. The van der Waals surface area contributed by atoms with Crippen LogP contribution in [0.4, 0.5) is 11.6 Å². The van der Waals surface area contributed by atoms with Crippen molar-refractivity contribution in [3.63, 3.8) is 0 Å². The third kappa shape index (κ3) is 11.2. The lowest BCUT2D eigenvalue weighted by Crippen LogP contribution is -2.03. The minimum atomic E-state index is 0.501. The molecule has 0 bridgehead atoms. The third-order valence-corrected chi connectivity index (χ3v) is 6.61. The van der Waals surface area contributed by atoms with E-state index < -0.39 is 0 Å². The highest BCUT2D eigenvalue weighted by atomic mass is 16.1. The number of nitrogens with one attached hydrogen (secondary N) is 1. The Morgan fingerprint density at radius 2 is 1.28 bits per heavy atom. The summed E-state index contributed by atoms with van der Waals surface area (Å²) in [6.07, 6.45) is 4.54. The summed E-state index contributed by atoms with van der Waals surface area (Å²) < 4.78 is 2.10. The van der Waals surface area contributed by atoms with Crippen LogP contribution in [0.3, 0.4) is 0 Å². The molecule has 7 nitrogen and oxygen atoms in total. The summed E-state index contributed by atoms with van der Waals surface area (Å²) in [5.74, 6) is 1.60. The number of pyridine rings is 2. The van der Waals surface area contributed by atoms with Crippen molar-refractivity contribution in [3.05, 3.63) is 198 Å². The van der Waals surface area contributed by atoms with Crippen molar-refractivity contribution in [2.24, 2.45) is 0 Å². The highest BCUT2D eigenvalue weighted by molar-refractivity contribution is 5.76. The van der Waals surface area contributed by atoms with Crippen molar-refractivity contribution in [3.8, 4) is 11.3 Å². The van der Waals surface area contributed by atoms with Crippen LogP contribution < -0.4 is 11.1 Å². The number of fused-ring (bicyclic) bond motifs is 1. The van der Waals surface area contributed by atoms with Gasteiger partial charge in [-0.2, -0.15) is 0 Å². The fraction of sp³-hybridized carbons (Fsp3) is 0.0500. The standard InChI is InChI=1S/C20H17N3.C8H7N.C7H6O.C5H6N2/c1-3-9-16(10-4-1)15-21-20-19(17-11-5-2-6-12-17)22-18-13-7-8-14-23(18)20;1-9-7-8-5-3-2-4-6-8;8-6-7-4-2-1-3-5-7;6-5-3-1-2-4-7-5/h1-14,21H,15H2;2-6H,7H2;1-6H;1-4H,(H2,6,7). The van der Waals surface area contributed by atoms with Crippen molar-refractivity contribution < 1.29 is 4.79 Å². The lowest BCUT2D eigenvalue weighted by atomic mass is 10.1. The molecule has 0 aliphatic carbocycles. The minimum absolute atomic E-state index is 0.501. The van der Waals surface area contributed by atoms with Gasteiger partial charge in [0.1, 0.15) is 29.3 Å². The van der Waals surface area contributed by atoms with Crippen LogP contribution in [-0.4, -0.2) is 20.7 Å². The molecule has 0 amide bonds. The number of benzene rings is 4. The van der Waals surface area contributed by atoms with E-state index in [0.29, 0.717) is 12.4 Å². The second-order valence-electron chi connectivity index (χ2n) is 10.0. The van der Waals surface area contributed by atoms with Gasteiger partial charge in [0, 0.05) is 35.6 Å². The number of nitrogen functional groups attached to an aromatic ring is 1. The molecular weight excluding hydrogens is 580 g/mol. The van der Waals surface area contributed by atoms with E-state index in [1.165, 1.54) is 5.56 Å². The fourth-order valence-corrected chi connectivity index (χ4v) is 4.33. The summed E-state index contributed by atoms with van der Waals surface area (Å²) >= 11 is 0. The van der Waals surface area contributed by atoms with Crippen molar-refractivity contribution in [1.82, 2.24) is 14.4 Å². The Bertz CT molecular complexity index is 1920. The molecule has 0 aliphatic rings. The van der Waals surface area contributed by atoms with Gasteiger partial charge in [-0.1, -0.05) is 133 Å². The molecule has 4 aromatic carbocycles. The monoisotopic (exact) mass is 616 g/mol. The summed E-state index contributed by atoms with van der Waals surface area (Å²) in [4.78, 5) is 21.8. The molecule has 7 rings (SSSR count). The second kappa shape index (κ2) is 19.0. The van der Waals surface area contributed by atoms with Gasteiger partial charge in [0.2, 0.25) is 6.54 Å². The Morgan fingerprint density at radius 3 is 1.81 bits per heavy atom. The zero-order valence-electron chi connectivity index (χ0n) is 25.9. The van der Waals surface area contributed by atoms with E-state index in [1.54, 1.807) is 24.4 Å². The Morgan fingerprint density at radius 1 is 0.702 bits per heavy atom. The van der Waals surface area contributed by atoms with Crippen molar-refractivity contribution in [2.75, 3.05) is 11.1 Å². The molecular formula is C40H36N6O. The number of imidazole rings is 1. The number of carbonyl (C=O) groups excluding carboxylic acids is 1. The summed E-state index contributed by atoms with van der Waals surface area (Å²) in [5.41, 5.74) is 11.4. The predicted octanol–water partition coefficient (Wildman–Crippen LogP) is 8.88. The van der Waals surface area contributed by atoms with Gasteiger partial charge in [-0.3, -0.25) is 9.20 Å². The SMILES string of the molecule is Nc1ccccn1.O=Cc1ccccc1.[C-]#[N+]Cc1ccccc1.c1ccc(CNc2c(-c3ccccc3)nc3ccccn23)cc1. The van der Waals surface area contributed by atoms with Crippen LogP contribution in [-0.2, 0) is 13.1 Å². The van der Waals surface area contributed by atoms with Gasteiger partial charge in [-0.15, -0.1) is 0 Å². The molecule has 0 aliphatic heterocycles. The molecule has 0 spiro atoms. The van der Waals surface area contributed by atoms with Crippen LogP contribution in [0.1, 0.15) is 21.5 Å². The molecule has 0 saturated carbocycles. The number of aromatic nitrogens is 3. The first-order valence-electron chi connectivity index (χ1n) is 15.0. The van der Waals surface area contributed by atoms with E-state index in [0.717, 1.165) is 46.7 Å². The molecule has 0 fully saturated rings. The first kappa shape index (κ1) is 33.4. The molecule has 3 heterocycles. The summed E-state index contributed by atoms with van der Waals surface area (Å²) in [6.45, 7) is 7.83. The average Bonchev–Trinajstić information content (AvgIpc) is 3.52. The molecule has 0 saturated heterocycles. The normalized spacial score (nSPS) is 9.60. The zero-order valence-corrected chi connectivity index (χ0v) is 25.9. The third-order valence-electron chi connectivity index (χ3n) is 6.61. The topological polar surface area (TPSA) is 89.7 Å². The highest BCUT2D eigenvalue weighted by Gasteiger charge is 2.13. The number of hydrogen-bond acceptors (Lipinski definition) is 5. The fourth-order valence-electron chi connectivity index (χ4n) is 4.33. The first-order chi connectivity index (χ1) is 23.2. The van der Waals surface area contributed by atoms with Crippen LogP contribution in [0.5, 0.6) is 0 Å². The van der Waals surface area contributed by atoms with E-state index in [1.807, 2.05) is 109 Å². The summed E-state index contributed by atoms with van der Waals surface area (Å²) in [7, 11) is 0. The number of nitrogens with two attached hydrogens (primary N) is 1. The van der Waals surface area contributed by atoms with Crippen molar-refractivity contribution in [2.45, 2.75) is 13.1 Å². The van der Waals surface area contributed by atoms with E-state index in [4.69, 9.17) is 17.3 Å².